The third-order valence-electron chi connectivity index (χ3n) is 3.14. The topological polar surface area (TPSA) is 68.2 Å². The summed E-state index contributed by atoms with van der Waals surface area (Å²) < 4.78 is 6.75. The van der Waals surface area contributed by atoms with Gasteiger partial charge in [0.05, 0.1) is 11.7 Å². The van der Waals surface area contributed by atoms with E-state index in [0.717, 1.165) is 24.1 Å². The van der Waals surface area contributed by atoms with Crippen molar-refractivity contribution in [1.29, 1.82) is 0 Å². The molecule has 114 valence electrons. The van der Waals surface area contributed by atoms with Crippen LogP contribution in [0.2, 0.25) is 0 Å². The van der Waals surface area contributed by atoms with Crippen LogP contribution in [0.4, 0.5) is 0 Å². The van der Waals surface area contributed by atoms with Crippen LogP contribution in [-0.4, -0.2) is 42.0 Å². The highest BCUT2D eigenvalue weighted by atomic mass is 16.5. The third kappa shape index (κ3) is 5.30. The number of aryl methyl sites for hydroxylation is 2. The molecule has 6 heteroatoms. The number of hydrogen-bond donors (Lipinski definition) is 2. The first-order valence-corrected chi connectivity index (χ1v) is 7.09. The third-order valence-corrected chi connectivity index (χ3v) is 3.14. The minimum absolute atomic E-state index is 0.0167. The number of methoxy groups -OCH3 is 1. The van der Waals surface area contributed by atoms with Crippen molar-refractivity contribution < 1.29 is 9.53 Å². The van der Waals surface area contributed by atoms with Crippen LogP contribution < -0.4 is 10.6 Å². The molecular formula is C14H26N4O2. The zero-order valence-corrected chi connectivity index (χ0v) is 12.9. The van der Waals surface area contributed by atoms with Crippen LogP contribution in [0.5, 0.6) is 0 Å². The first kappa shape index (κ1) is 16.7. The molecule has 1 unspecified atom stereocenters. The van der Waals surface area contributed by atoms with Gasteiger partial charge in [0.15, 0.2) is 0 Å². The van der Waals surface area contributed by atoms with Gasteiger partial charge in [0.25, 0.3) is 0 Å². The van der Waals surface area contributed by atoms with Gasteiger partial charge in [-0.1, -0.05) is 6.92 Å². The molecule has 0 saturated carbocycles. The Morgan fingerprint density at radius 1 is 1.55 bits per heavy atom. The Balaban J connectivity index is 2.34. The number of rotatable bonds is 9. The quantitative estimate of drug-likeness (QED) is 0.651. The Bertz CT molecular complexity index is 417. The average Bonchev–Trinajstić information content (AvgIpc) is 2.80. The van der Waals surface area contributed by atoms with Gasteiger partial charge in [0.2, 0.25) is 5.91 Å². The number of aromatic nitrogens is 2. The molecule has 0 aliphatic heterocycles. The molecule has 0 saturated heterocycles. The summed E-state index contributed by atoms with van der Waals surface area (Å²) in [6, 6.07) is -0.220. The van der Waals surface area contributed by atoms with Gasteiger partial charge >= 0.3 is 0 Å². The fraction of sp³-hybridized carbons (Fsp3) is 0.714. The summed E-state index contributed by atoms with van der Waals surface area (Å²) in [6.07, 6.45) is 3.72. The number of carbonyl (C=O) groups excluding carboxylic acids is 1. The molecule has 0 radical (unpaired) electrons. The molecular weight excluding hydrogens is 256 g/mol. The average molecular weight is 282 g/mol. The highest BCUT2D eigenvalue weighted by Gasteiger charge is 2.13. The largest absolute Gasteiger partial charge is 0.385 e. The van der Waals surface area contributed by atoms with Crippen LogP contribution in [0.3, 0.4) is 0 Å². The fourth-order valence-electron chi connectivity index (χ4n) is 1.97. The number of nitrogens with one attached hydrogen (secondary N) is 2. The summed E-state index contributed by atoms with van der Waals surface area (Å²) in [6.45, 7) is 5.92. The predicted octanol–water partition coefficient (Wildman–Crippen LogP) is 0.613. The Labute approximate surface area is 120 Å². The minimum Gasteiger partial charge on any atom is -0.385 e. The van der Waals surface area contributed by atoms with E-state index in [1.807, 2.05) is 24.9 Å². The van der Waals surface area contributed by atoms with Gasteiger partial charge in [-0.15, -0.1) is 0 Å². The van der Waals surface area contributed by atoms with Crippen molar-refractivity contribution in [2.45, 2.75) is 39.3 Å². The lowest BCUT2D eigenvalue weighted by molar-refractivity contribution is -0.122. The second-order valence-electron chi connectivity index (χ2n) is 4.87. The smallest absolute Gasteiger partial charge is 0.236 e. The molecule has 1 aromatic rings. The second-order valence-corrected chi connectivity index (χ2v) is 4.87. The zero-order chi connectivity index (χ0) is 15.0. The Kier molecular flexibility index (Phi) is 7.25. The molecule has 0 fully saturated rings. The Hall–Kier alpha value is -1.40. The van der Waals surface area contributed by atoms with E-state index < -0.39 is 0 Å². The first-order valence-electron chi connectivity index (χ1n) is 7.09. The van der Waals surface area contributed by atoms with Gasteiger partial charge in [0.1, 0.15) is 0 Å². The molecule has 0 aliphatic rings. The monoisotopic (exact) mass is 282 g/mol. The highest BCUT2D eigenvalue weighted by Crippen LogP contribution is 2.06. The summed E-state index contributed by atoms with van der Waals surface area (Å²) in [5, 5.41) is 10.5. The second kappa shape index (κ2) is 8.71. The molecule has 1 rings (SSSR count). The van der Waals surface area contributed by atoms with Crippen LogP contribution in [-0.2, 0) is 29.5 Å². The first-order chi connectivity index (χ1) is 9.58. The number of nitrogens with zero attached hydrogens (tertiary/aromatic N) is 2. The van der Waals surface area contributed by atoms with Crippen molar-refractivity contribution in [1.82, 2.24) is 20.4 Å². The van der Waals surface area contributed by atoms with E-state index in [1.54, 1.807) is 7.11 Å². The van der Waals surface area contributed by atoms with E-state index in [-0.39, 0.29) is 11.9 Å². The van der Waals surface area contributed by atoms with E-state index in [2.05, 4.69) is 22.7 Å². The molecule has 0 aliphatic carbocycles. The van der Waals surface area contributed by atoms with Crippen molar-refractivity contribution >= 4 is 5.91 Å². The zero-order valence-electron chi connectivity index (χ0n) is 12.9. The normalized spacial score (nSPS) is 12.4. The maximum atomic E-state index is 11.9. The lowest BCUT2D eigenvalue weighted by Gasteiger charge is -2.13. The van der Waals surface area contributed by atoms with Crippen LogP contribution in [0.25, 0.3) is 0 Å². The predicted molar refractivity (Wildman–Crippen MR) is 78.4 cm³/mol. The van der Waals surface area contributed by atoms with Gasteiger partial charge in [-0.05, 0) is 19.8 Å². The number of amides is 1. The summed E-state index contributed by atoms with van der Waals surface area (Å²) in [5.41, 5.74) is 2.22. The molecule has 0 bridgehead atoms. The van der Waals surface area contributed by atoms with Crippen molar-refractivity contribution in [2.75, 3.05) is 20.3 Å². The lowest BCUT2D eigenvalue weighted by atomic mass is 10.2. The summed E-state index contributed by atoms with van der Waals surface area (Å²) in [5.74, 6) is 0.0167. The van der Waals surface area contributed by atoms with Gasteiger partial charge < -0.3 is 15.4 Å². The van der Waals surface area contributed by atoms with E-state index >= 15 is 0 Å². The van der Waals surface area contributed by atoms with Crippen LogP contribution in [0, 0.1) is 0 Å². The number of carbonyl (C=O) groups is 1. The van der Waals surface area contributed by atoms with Crippen molar-refractivity contribution in [3.63, 3.8) is 0 Å². The molecule has 0 aromatic carbocycles. The van der Waals surface area contributed by atoms with Crippen molar-refractivity contribution in [3.05, 3.63) is 17.5 Å². The summed E-state index contributed by atoms with van der Waals surface area (Å²) >= 11 is 0. The number of ether oxygens (including phenoxy) is 1. The molecule has 2 N–H and O–H groups in total. The Morgan fingerprint density at radius 2 is 2.30 bits per heavy atom. The molecule has 1 amide bonds. The van der Waals surface area contributed by atoms with Crippen molar-refractivity contribution in [3.8, 4) is 0 Å². The molecule has 0 spiro atoms. The van der Waals surface area contributed by atoms with E-state index in [9.17, 15) is 4.79 Å². The molecule has 6 nitrogen and oxygen atoms in total. The molecule has 20 heavy (non-hydrogen) atoms. The van der Waals surface area contributed by atoms with Crippen LogP contribution in [0.15, 0.2) is 6.20 Å². The van der Waals surface area contributed by atoms with Crippen LogP contribution >= 0.6 is 0 Å². The minimum atomic E-state index is -0.220. The van der Waals surface area contributed by atoms with Crippen molar-refractivity contribution in [2.24, 2.45) is 7.05 Å². The number of hydrogen-bond acceptors (Lipinski definition) is 4. The van der Waals surface area contributed by atoms with Gasteiger partial charge in [-0.3, -0.25) is 9.48 Å². The highest BCUT2D eigenvalue weighted by molar-refractivity contribution is 5.81. The summed E-state index contributed by atoms with van der Waals surface area (Å²) in [4.78, 5) is 11.9. The molecule has 1 heterocycles. The lowest BCUT2D eigenvalue weighted by Crippen LogP contribution is -2.42. The van der Waals surface area contributed by atoms with E-state index in [1.165, 1.54) is 0 Å². The van der Waals surface area contributed by atoms with E-state index in [4.69, 9.17) is 4.74 Å². The Morgan fingerprint density at radius 3 is 2.95 bits per heavy atom. The maximum absolute atomic E-state index is 11.9. The fourth-order valence-corrected chi connectivity index (χ4v) is 1.97. The summed E-state index contributed by atoms with van der Waals surface area (Å²) in [7, 11) is 3.57. The molecule has 1 atom stereocenters. The van der Waals surface area contributed by atoms with E-state index in [0.29, 0.717) is 19.7 Å². The van der Waals surface area contributed by atoms with Gasteiger partial charge in [-0.2, -0.15) is 5.10 Å². The maximum Gasteiger partial charge on any atom is 0.236 e. The SMILES string of the molecule is CCc1nn(C)cc1CNC(C)C(=O)NCCCOC. The molecule has 1 aromatic heterocycles. The van der Waals surface area contributed by atoms with Crippen LogP contribution in [0.1, 0.15) is 31.5 Å². The van der Waals surface area contributed by atoms with Gasteiger partial charge in [0, 0.05) is 45.6 Å². The van der Waals surface area contributed by atoms with Gasteiger partial charge in [-0.25, -0.2) is 0 Å². The standard InChI is InChI=1S/C14H26N4O2/c1-5-13-12(10-18(3)17-13)9-16-11(2)14(19)15-7-6-8-20-4/h10-11,16H,5-9H2,1-4H3,(H,15,19).